The molecule has 0 radical (unpaired) electrons. The average molecular weight is 283 g/mol. The van der Waals surface area contributed by atoms with Gasteiger partial charge in [0.25, 0.3) is 0 Å². The lowest BCUT2D eigenvalue weighted by molar-refractivity contribution is 0.408. The molecule has 0 aliphatic heterocycles. The number of aromatic amines is 2. The molecule has 0 aliphatic carbocycles. The minimum absolute atomic E-state index is 0.0873. The van der Waals surface area contributed by atoms with E-state index < -0.39 is 0 Å². The van der Waals surface area contributed by atoms with Crippen molar-refractivity contribution in [1.82, 2.24) is 9.97 Å². The summed E-state index contributed by atoms with van der Waals surface area (Å²) in [4.78, 5) is 16.8. The second-order valence-electron chi connectivity index (χ2n) is 4.95. The molecule has 108 valence electrons. The first-order chi connectivity index (χ1) is 10.2. The van der Waals surface area contributed by atoms with Gasteiger partial charge >= 0.3 is 5.69 Å². The summed E-state index contributed by atoms with van der Waals surface area (Å²) in [7, 11) is 1.67. The van der Waals surface area contributed by atoms with Gasteiger partial charge in [-0.1, -0.05) is 18.2 Å². The molecule has 0 amide bonds. The summed E-state index contributed by atoms with van der Waals surface area (Å²) >= 11 is 0. The van der Waals surface area contributed by atoms with Crippen molar-refractivity contribution in [3.8, 4) is 5.75 Å². The van der Waals surface area contributed by atoms with E-state index in [1.165, 1.54) is 0 Å². The van der Waals surface area contributed by atoms with E-state index in [1.54, 1.807) is 7.11 Å². The van der Waals surface area contributed by atoms with E-state index in [0.717, 1.165) is 28.0 Å². The normalized spacial score (nSPS) is 12.3. The molecule has 1 heterocycles. The maximum atomic E-state index is 11.3. The fourth-order valence-corrected chi connectivity index (χ4v) is 2.47. The van der Waals surface area contributed by atoms with Gasteiger partial charge in [0.2, 0.25) is 0 Å². The minimum Gasteiger partial charge on any atom is -0.496 e. The lowest BCUT2D eigenvalue weighted by atomic mass is 10.1. The number of aromatic nitrogens is 2. The van der Waals surface area contributed by atoms with Crippen LogP contribution in [0.25, 0.3) is 11.0 Å². The molecule has 3 aromatic rings. The van der Waals surface area contributed by atoms with Crippen LogP contribution in [0.1, 0.15) is 18.5 Å². The molecule has 0 aliphatic rings. The average Bonchev–Trinajstić information content (AvgIpc) is 2.86. The van der Waals surface area contributed by atoms with Gasteiger partial charge in [0.15, 0.2) is 0 Å². The van der Waals surface area contributed by atoms with Crippen LogP contribution in [0.15, 0.2) is 47.3 Å². The first kappa shape index (κ1) is 13.3. The first-order valence-electron chi connectivity index (χ1n) is 6.79. The van der Waals surface area contributed by atoms with Crippen LogP contribution in [0.2, 0.25) is 0 Å². The first-order valence-corrected chi connectivity index (χ1v) is 6.79. The highest BCUT2D eigenvalue weighted by molar-refractivity contribution is 5.78. The van der Waals surface area contributed by atoms with E-state index in [2.05, 4.69) is 22.2 Å². The van der Waals surface area contributed by atoms with Crippen LogP contribution in [0.3, 0.4) is 0 Å². The van der Waals surface area contributed by atoms with Gasteiger partial charge < -0.3 is 20.0 Å². The molecule has 1 aromatic heterocycles. The summed E-state index contributed by atoms with van der Waals surface area (Å²) in [5.41, 5.74) is 3.42. The predicted octanol–water partition coefficient (Wildman–Crippen LogP) is 3.04. The van der Waals surface area contributed by atoms with Gasteiger partial charge in [-0.3, -0.25) is 0 Å². The standard InChI is InChI=1S/C16H17N3O2/c1-10(12-5-3-4-6-15(12)21-2)17-11-7-8-13-14(9-11)19-16(20)18-13/h3-10,17H,1-2H3,(H2,18,19,20). The number of imidazole rings is 1. The Bertz CT molecular complexity index is 820. The number of benzene rings is 2. The Hall–Kier alpha value is -2.69. The maximum absolute atomic E-state index is 11.3. The smallest absolute Gasteiger partial charge is 0.323 e. The molecule has 3 N–H and O–H groups in total. The summed E-state index contributed by atoms with van der Waals surface area (Å²) in [6.07, 6.45) is 0. The number of H-pyrrole nitrogens is 2. The van der Waals surface area contributed by atoms with Gasteiger partial charge in [0.1, 0.15) is 5.75 Å². The van der Waals surface area contributed by atoms with Crippen LogP contribution in [-0.4, -0.2) is 17.1 Å². The van der Waals surface area contributed by atoms with Crippen LogP contribution in [0, 0.1) is 0 Å². The van der Waals surface area contributed by atoms with Crippen molar-refractivity contribution in [3.63, 3.8) is 0 Å². The molecule has 1 atom stereocenters. The largest absolute Gasteiger partial charge is 0.496 e. The number of ether oxygens (including phenoxy) is 1. The minimum atomic E-state index is -0.195. The molecule has 5 nitrogen and oxygen atoms in total. The summed E-state index contributed by atoms with van der Waals surface area (Å²) < 4.78 is 5.39. The number of hydrogen-bond donors (Lipinski definition) is 3. The molecule has 1 unspecified atom stereocenters. The van der Waals surface area contributed by atoms with Crippen LogP contribution in [0.5, 0.6) is 5.75 Å². The topological polar surface area (TPSA) is 69.9 Å². The van der Waals surface area contributed by atoms with Gasteiger partial charge in [0, 0.05) is 11.3 Å². The Morgan fingerprint density at radius 2 is 1.86 bits per heavy atom. The molecule has 2 aromatic carbocycles. The van der Waals surface area contributed by atoms with Crippen LogP contribution < -0.4 is 15.7 Å². The zero-order valence-electron chi connectivity index (χ0n) is 11.9. The maximum Gasteiger partial charge on any atom is 0.323 e. The van der Waals surface area contributed by atoms with Crippen molar-refractivity contribution in [2.75, 3.05) is 12.4 Å². The van der Waals surface area contributed by atoms with E-state index >= 15 is 0 Å². The van der Waals surface area contributed by atoms with E-state index in [-0.39, 0.29) is 11.7 Å². The van der Waals surface area contributed by atoms with Crippen molar-refractivity contribution in [2.45, 2.75) is 13.0 Å². The second kappa shape index (κ2) is 5.36. The number of para-hydroxylation sites is 1. The van der Waals surface area contributed by atoms with Crippen LogP contribution in [-0.2, 0) is 0 Å². The predicted molar refractivity (Wildman–Crippen MR) is 84.0 cm³/mol. The molecule has 3 rings (SSSR count). The van der Waals surface area contributed by atoms with Gasteiger partial charge in [-0.25, -0.2) is 4.79 Å². The number of anilines is 1. The van der Waals surface area contributed by atoms with Gasteiger partial charge in [0.05, 0.1) is 24.2 Å². The van der Waals surface area contributed by atoms with Crippen molar-refractivity contribution < 1.29 is 4.74 Å². The number of rotatable bonds is 4. The van der Waals surface area contributed by atoms with Crippen molar-refractivity contribution in [2.24, 2.45) is 0 Å². The fraction of sp³-hybridized carbons (Fsp3) is 0.188. The van der Waals surface area contributed by atoms with Crippen LogP contribution in [0.4, 0.5) is 5.69 Å². The summed E-state index contributed by atoms with van der Waals surface area (Å²) in [5.74, 6) is 0.855. The Kier molecular flexibility index (Phi) is 3.39. The molecule has 5 heteroatoms. The van der Waals surface area contributed by atoms with Crippen molar-refractivity contribution in [3.05, 3.63) is 58.5 Å². The highest BCUT2D eigenvalue weighted by Crippen LogP contribution is 2.28. The van der Waals surface area contributed by atoms with Crippen molar-refractivity contribution >= 4 is 16.7 Å². The Morgan fingerprint density at radius 1 is 1.10 bits per heavy atom. The highest BCUT2D eigenvalue weighted by atomic mass is 16.5. The summed E-state index contributed by atoms with van der Waals surface area (Å²) in [6, 6.07) is 13.7. The van der Waals surface area contributed by atoms with Gasteiger partial charge in [-0.2, -0.15) is 0 Å². The summed E-state index contributed by atoms with van der Waals surface area (Å²) in [6.45, 7) is 2.07. The van der Waals surface area contributed by atoms with E-state index in [0.29, 0.717) is 0 Å². The number of fused-ring (bicyclic) bond motifs is 1. The quantitative estimate of drug-likeness (QED) is 0.689. The zero-order chi connectivity index (χ0) is 14.8. The fourth-order valence-electron chi connectivity index (χ4n) is 2.47. The molecule has 0 spiro atoms. The molecule has 0 bridgehead atoms. The molecular formula is C16H17N3O2. The molecule has 0 fully saturated rings. The molecule has 0 saturated carbocycles. The zero-order valence-corrected chi connectivity index (χ0v) is 11.9. The lowest BCUT2D eigenvalue weighted by Crippen LogP contribution is -2.08. The van der Waals surface area contributed by atoms with Gasteiger partial charge in [-0.15, -0.1) is 0 Å². The SMILES string of the molecule is COc1ccccc1C(C)Nc1ccc2[nH]c(=O)[nH]c2c1. The molecular weight excluding hydrogens is 266 g/mol. The number of hydrogen-bond acceptors (Lipinski definition) is 3. The Morgan fingerprint density at radius 3 is 2.67 bits per heavy atom. The second-order valence-corrected chi connectivity index (χ2v) is 4.95. The van der Waals surface area contributed by atoms with E-state index in [4.69, 9.17) is 4.74 Å². The lowest BCUT2D eigenvalue weighted by Gasteiger charge is -2.18. The Labute approximate surface area is 122 Å². The third-order valence-corrected chi connectivity index (χ3v) is 3.50. The molecule has 21 heavy (non-hydrogen) atoms. The van der Waals surface area contributed by atoms with E-state index in [1.807, 2.05) is 42.5 Å². The van der Waals surface area contributed by atoms with Crippen LogP contribution >= 0.6 is 0 Å². The van der Waals surface area contributed by atoms with E-state index in [9.17, 15) is 4.79 Å². The number of nitrogens with one attached hydrogen (secondary N) is 3. The summed E-state index contributed by atoms with van der Waals surface area (Å²) in [5, 5.41) is 3.42. The Balaban J connectivity index is 1.88. The monoisotopic (exact) mass is 283 g/mol. The number of methoxy groups -OCH3 is 1. The third kappa shape index (κ3) is 2.63. The third-order valence-electron chi connectivity index (χ3n) is 3.50. The molecule has 0 saturated heterocycles. The highest BCUT2D eigenvalue weighted by Gasteiger charge is 2.11. The van der Waals surface area contributed by atoms with Gasteiger partial charge in [-0.05, 0) is 31.2 Å². The van der Waals surface area contributed by atoms with Crippen molar-refractivity contribution in [1.29, 1.82) is 0 Å².